The number of rotatable bonds is 4. The minimum Gasteiger partial charge on any atom is -0.484 e. The summed E-state index contributed by atoms with van der Waals surface area (Å²) in [6.07, 6.45) is 0. The zero-order chi connectivity index (χ0) is 14.5. The number of amides is 1. The summed E-state index contributed by atoms with van der Waals surface area (Å²) < 4.78 is 5.55. The van der Waals surface area contributed by atoms with E-state index in [1.807, 2.05) is 17.9 Å². The Morgan fingerprint density at radius 3 is 2.70 bits per heavy atom. The summed E-state index contributed by atoms with van der Waals surface area (Å²) in [7, 11) is 0. The predicted molar refractivity (Wildman–Crippen MR) is 79.5 cm³/mol. The highest BCUT2D eigenvalue weighted by atomic mass is 35.5. The second kappa shape index (κ2) is 6.95. The first-order chi connectivity index (χ1) is 9.60. The molecule has 0 bridgehead atoms. The van der Waals surface area contributed by atoms with Crippen molar-refractivity contribution in [3.05, 3.63) is 28.8 Å². The Kier molecular flexibility index (Phi) is 5.26. The van der Waals surface area contributed by atoms with Crippen molar-refractivity contribution in [2.45, 2.75) is 13.8 Å². The Morgan fingerprint density at radius 1 is 1.40 bits per heavy atom. The van der Waals surface area contributed by atoms with Crippen LogP contribution in [0, 0.1) is 6.92 Å². The van der Waals surface area contributed by atoms with Gasteiger partial charge in [0.2, 0.25) is 0 Å². The van der Waals surface area contributed by atoms with E-state index < -0.39 is 0 Å². The molecule has 1 saturated heterocycles. The summed E-state index contributed by atoms with van der Waals surface area (Å²) in [5.74, 6) is 0.755. The van der Waals surface area contributed by atoms with Crippen LogP contribution in [0.5, 0.6) is 5.75 Å². The molecule has 0 saturated carbocycles. The van der Waals surface area contributed by atoms with Crippen LogP contribution in [0.3, 0.4) is 0 Å². The van der Waals surface area contributed by atoms with E-state index in [1.54, 1.807) is 17.0 Å². The lowest BCUT2D eigenvalue weighted by Crippen LogP contribution is -3.14. The van der Waals surface area contributed by atoms with E-state index in [0.717, 1.165) is 38.3 Å². The van der Waals surface area contributed by atoms with Crippen LogP contribution in [-0.4, -0.2) is 50.1 Å². The highest BCUT2D eigenvalue weighted by Gasteiger charge is 2.22. The molecule has 1 aliphatic rings. The molecule has 0 atom stereocenters. The molecule has 1 fully saturated rings. The summed E-state index contributed by atoms with van der Waals surface area (Å²) in [5, 5.41) is 0.710. The van der Waals surface area contributed by atoms with Crippen LogP contribution in [0.2, 0.25) is 5.02 Å². The Labute approximate surface area is 125 Å². The maximum Gasteiger partial charge on any atom is 0.260 e. The van der Waals surface area contributed by atoms with Gasteiger partial charge in [-0.2, -0.15) is 0 Å². The lowest BCUT2D eigenvalue weighted by Gasteiger charge is -2.31. The van der Waals surface area contributed by atoms with E-state index in [9.17, 15) is 4.79 Å². The molecule has 0 unspecified atom stereocenters. The van der Waals surface area contributed by atoms with E-state index in [-0.39, 0.29) is 12.5 Å². The van der Waals surface area contributed by atoms with Gasteiger partial charge in [-0.15, -0.1) is 0 Å². The van der Waals surface area contributed by atoms with Crippen LogP contribution in [-0.2, 0) is 4.79 Å². The van der Waals surface area contributed by atoms with Gasteiger partial charge in [0.05, 0.1) is 32.7 Å². The van der Waals surface area contributed by atoms with E-state index >= 15 is 0 Å². The van der Waals surface area contributed by atoms with Gasteiger partial charge < -0.3 is 14.5 Å². The highest BCUT2D eigenvalue weighted by Crippen LogP contribution is 2.20. The van der Waals surface area contributed by atoms with Gasteiger partial charge in [0.15, 0.2) is 6.61 Å². The summed E-state index contributed by atoms with van der Waals surface area (Å²) in [5.41, 5.74) is 0.955. The summed E-state index contributed by atoms with van der Waals surface area (Å²) in [6.45, 7) is 9.04. The van der Waals surface area contributed by atoms with E-state index in [1.165, 1.54) is 0 Å². The number of nitrogens with zero attached hydrogens (tertiary/aromatic N) is 1. The molecule has 1 heterocycles. The van der Waals surface area contributed by atoms with Gasteiger partial charge in [0.25, 0.3) is 5.91 Å². The Hall–Kier alpha value is -1.26. The number of nitrogens with one attached hydrogen (secondary N) is 1. The largest absolute Gasteiger partial charge is 0.484 e. The summed E-state index contributed by atoms with van der Waals surface area (Å²) >= 11 is 5.96. The fraction of sp³-hybridized carbons (Fsp3) is 0.533. The monoisotopic (exact) mass is 297 g/mol. The van der Waals surface area contributed by atoms with Crippen molar-refractivity contribution in [2.24, 2.45) is 0 Å². The minimum absolute atomic E-state index is 0.0627. The smallest absolute Gasteiger partial charge is 0.260 e. The number of hydrogen-bond acceptors (Lipinski definition) is 2. The van der Waals surface area contributed by atoms with Gasteiger partial charge in [-0.3, -0.25) is 4.79 Å². The van der Waals surface area contributed by atoms with Gasteiger partial charge in [0.1, 0.15) is 5.75 Å². The van der Waals surface area contributed by atoms with Crippen LogP contribution >= 0.6 is 11.6 Å². The molecule has 1 N–H and O–H groups in total. The van der Waals surface area contributed by atoms with Crippen LogP contribution < -0.4 is 9.64 Å². The van der Waals surface area contributed by atoms with Crippen LogP contribution in [0.25, 0.3) is 0 Å². The number of likely N-dealkylation sites (N-methyl/N-ethyl adjacent to an activating group) is 1. The van der Waals surface area contributed by atoms with Crippen LogP contribution in [0.15, 0.2) is 18.2 Å². The van der Waals surface area contributed by atoms with Crippen molar-refractivity contribution in [3.8, 4) is 5.75 Å². The molecule has 5 heteroatoms. The zero-order valence-corrected chi connectivity index (χ0v) is 12.9. The molecule has 1 amide bonds. The van der Waals surface area contributed by atoms with Gasteiger partial charge in [0, 0.05) is 5.02 Å². The average molecular weight is 298 g/mol. The number of piperazine rings is 1. The third-order valence-corrected chi connectivity index (χ3v) is 4.24. The Balaban J connectivity index is 1.81. The fourth-order valence-electron chi connectivity index (χ4n) is 2.37. The standard InChI is InChI=1S/C15H21ClN2O2/c1-3-17-6-8-18(9-7-17)15(19)11-20-13-4-5-14(16)12(2)10-13/h4-5,10H,3,6-9,11H2,1-2H3/p+1. The van der Waals surface area contributed by atoms with Gasteiger partial charge in [-0.1, -0.05) is 11.6 Å². The van der Waals surface area contributed by atoms with E-state index in [0.29, 0.717) is 10.8 Å². The fourth-order valence-corrected chi connectivity index (χ4v) is 2.49. The molecule has 1 aromatic rings. The molecule has 20 heavy (non-hydrogen) atoms. The molecule has 0 aromatic heterocycles. The third-order valence-electron chi connectivity index (χ3n) is 3.81. The van der Waals surface area contributed by atoms with Crippen molar-refractivity contribution in [2.75, 3.05) is 39.3 Å². The Morgan fingerprint density at radius 2 is 2.10 bits per heavy atom. The molecule has 1 aliphatic heterocycles. The first-order valence-electron chi connectivity index (χ1n) is 7.10. The first-order valence-corrected chi connectivity index (χ1v) is 7.48. The molecular weight excluding hydrogens is 276 g/mol. The normalized spacial score (nSPS) is 16.2. The van der Waals surface area contributed by atoms with Crippen molar-refractivity contribution in [1.82, 2.24) is 4.90 Å². The van der Waals surface area contributed by atoms with Crippen molar-refractivity contribution < 1.29 is 14.4 Å². The van der Waals surface area contributed by atoms with Crippen molar-refractivity contribution >= 4 is 17.5 Å². The number of halogens is 1. The van der Waals surface area contributed by atoms with E-state index in [4.69, 9.17) is 16.3 Å². The topological polar surface area (TPSA) is 34.0 Å². The number of hydrogen-bond donors (Lipinski definition) is 1. The quantitative estimate of drug-likeness (QED) is 0.891. The molecule has 0 aliphatic carbocycles. The van der Waals surface area contributed by atoms with Gasteiger partial charge >= 0.3 is 0 Å². The number of carbonyl (C=O) groups is 1. The number of carbonyl (C=O) groups excluding carboxylic acids is 1. The van der Waals surface area contributed by atoms with Crippen LogP contribution in [0.4, 0.5) is 0 Å². The molecule has 4 nitrogen and oxygen atoms in total. The SMILES string of the molecule is CC[NH+]1CCN(C(=O)COc2ccc(Cl)c(C)c2)CC1. The molecule has 2 rings (SSSR count). The Bertz CT molecular complexity index is 471. The average Bonchev–Trinajstić information content (AvgIpc) is 2.48. The third kappa shape index (κ3) is 3.87. The summed E-state index contributed by atoms with van der Waals surface area (Å²) in [4.78, 5) is 15.5. The predicted octanol–water partition coefficient (Wildman–Crippen LogP) is 0.774. The maximum atomic E-state index is 12.1. The number of aryl methyl sites for hydroxylation is 1. The lowest BCUT2D eigenvalue weighted by molar-refractivity contribution is -0.902. The number of quaternary nitrogens is 1. The van der Waals surface area contributed by atoms with Gasteiger partial charge in [-0.25, -0.2) is 0 Å². The second-order valence-corrected chi connectivity index (χ2v) is 5.59. The minimum atomic E-state index is 0.0627. The zero-order valence-electron chi connectivity index (χ0n) is 12.1. The summed E-state index contributed by atoms with van der Waals surface area (Å²) in [6, 6.07) is 5.44. The second-order valence-electron chi connectivity index (χ2n) is 5.18. The maximum absolute atomic E-state index is 12.1. The van der Waals surface area contributed by atoms with Crippen LogP contribution in [0.1, 0.15) is 12.5 Å². The van der Waals surface area contributed by atoms with Crippen molar-refractivity contribution in [3.63, 3.8) is 0 Å². The highest BCUT2D eigenvalue weighted by molar-refractivity contribution is 6.31. The molecule has 1 aromatic carbocycles. The number of ether oxygens (including phenoxy) is 1. The lowest BCUT2D eigenvalue weighted by atomic mass is 10.2. The first kappa shape index (κ1) is 15.1. The molecule has 0 spiro atoms. The van der Waals surface area contributed by atoms with Gasteiger partial charge in [-0.05, 0) is 37.6 Å². The molecule has 110 valence electrons. The van der Waals surface area contributed by atoms with Crippen molar-refractivity contribution in [1.29, 1.82) is 0 Å². The molecule has 0 radical (unpaired) electrons. The van der Waals surface area contributed by atoms with E-state index in [2.05, 4.69) is 6.92 Å². The molecular formula is C15H22ClN2O2+. The number of benzene rings is 1.